The normalized spacial score (nSPS) is 17.5. The van der Waals surface area contributed by atoms with Gasteiger partial charge in [0.1, 0.15) is 5.82 Å². The Morgan fingerprint density at radius 2 is 2.19 bits per heavy atom. The monoisotopic (exact) mass is 358 g/mol. The van der Waals surface area contributed by atoms with Gasteiger partial charge >= 0.3 is 0 Å². The van der Waals surface area contributed by atoms with Gasteiger partial charge in [0, 0.05) is 36.8 Å². The lowest BCUT2D eigenvalue weighted by Crippen LogP contribution is -2.47. The van der Waals surface area contributed by atoms with E-state index in [0.717, 1.165) is 17.3 Å². The van der Waals surface area contributed by atoms with E-state index in [4.69, 9.17) is 10.5 Å². The van der Waals surface area contributed by atoms with E-state index >= 15 is 0 Å². The second-order valence-electron chi connectivity index (χ2n) is 5.41. The van der Waals surface area contributed by atoms with Gasteiger partial charge in [-0.15, -0.1) is 0 Å². The van der Waals surface area contributed by atoms with Crippen LogP contribution in [0.2, 0.25) is 0 Å². The van der Waals surface area contributed by atoms with E-state index in [0.29, 0.717) is 18.8 Å². The van der Waals surface area contributed by atoms with Crippen LogP contribution in [0.1, 0.15) is 18.4 Å². The number of hydrogen-bond donors (Lipinski definition) is 1. The number of likely N-dealkylation sites (N-methyl/N-ethyl adjacent to an activating group) is 1. The number of hydrogen-bond acceptors (Lipinski definition) is 3. The summed E-state index contributed by atoms with van der Waals surface area (Å²) in [5, 5.41) is 0. The highest BCUT2D eigenvalue weighted by Gasteiger charge is 2.28. The van der Waals surface area contributed by atoms with Crippen molar-refractivity contribution in [2.24, 2.45) is 11.7 Å². The smallest absolute Gasteiger partial charge is 0.239 e. The highest BCUT2D eigenvalue weighted by atomic mass is 79.9. The molecule has 1 aliphatic rings. The fourth-order valence-electron chi connectivity index (χ4n) is 2.53. The van der Waals surface area contributed by atoms with Crippen LogP contribution in [-0.4, -0.2) is 37.1 Å². The minimum absolute atomic E-state index is 0.140. The van der Waals surface area contributed by atoms with Crippen molar-refractivity contribution in [2.75, 3.05) is 20.3 Å². The molecule has 4 nitrogen and oxygen atoms in total. The van der Waals surface area contributed by atoms with Gasteiger partial charge in [0.05, 0.1) is 6.04 Å². The standard InChI is InChI=1S/C15H20BrFN2O2/c1-19(9-11-8-12(16)2-3-13(11)17)15(20)14(18)10-4-6-21-7-5-10/h2-3,8,10,14H,4-7,9,18H2,1H3. The Kier molecular flexibility index (Phi) is 5.72. The van der Waals surface area contributed by atoms with Crippen molar-refractivity contribution < 1.29 is 13.9 Å². The molecule has 116 valence electrons. The second kappa shape index (κ2) is 7.33. The largest absolute Gasteiger partial charge is 0.381 e. The summed E-state index contributed by atoms with van der Waals surface area (Å²) in [5.74, 6) is -0.334. The van der Waals surface area contributed by atoms with Crippen molar-refractivity contribution in [2.45, 2.75) is 25.4 Å². The van der Waals surface area contributed by atoms with Crippen molar-refractivity contribution in [3.8, 4) is 0 Å². The molecule has 0 radical (unpaired) electrons. The lowest BCUT2D eigenvalue weighted by Gasteiger charge is -2.30. The number of benzene rings is 1. The maximum atomic E-state index is 13.7. The van der Waals surface area contributed by atoms with Gasteiger partial charge in [-0.25, -0.2) is 4.39 Å². The van der Waals surface area contributed by atoms with E-state index in [1.807, 2.05) is 0 Å². The van der Waals surface area contributed by atoms with E-state index in [-0.39, 0.29) is 24.2 Å². The van der Waals surface area contributed by atoms with E-state index in [9.17, 15) is 9.18 Å². The Morgan fingerprint density at radius 3 is 2.86 bits per heavy atom. The number of carbonyl (C=O) groups is 1. The first kappa shape index (κ1) is 16.4. The fourth-order valence-corrected chi connectivity index (χ4v) is 2.94. The molecule has 0 bridgehead atoms. The van der Waals surface area contributed by atoms with E-state index < -0.39 is 6.04 Å². The molecule has 1 fully saturated rings. The van der Waals surface area contributed by atoms with Crippen molar-refractivity contribution in [3.63, 3.8) is 0 Å². The van der Waals surface area contributed by atoms with Crippen LogP contribution in [0.5, 0.6) is 0 Å². The fraction of sp³-hybridized carbons (Fsp3) is 0.533. The zero-order chi connectivity index (χ0) is 15.4. The highest BCUT2D eigenvalue weighted by Crippen LogP contribution is 2.20. The number of halogens is 2. The first-order chi connectivity index (χ1) is 9.99. The number of nitrogens with zero attached hydrogens (tertiary/aromatic N) is 1. The van der Waals surface area contributed by atoms with Crippen LogP contribution >= 0.6 is 15.9 Å². The summed E-state index contributed by atoms with van der Waals surface area (Å²) in [4.78, 5) is 13.9. The number of rotatable bonds is 4. The molecular weight excluding hydrogens is 339 g/mol. The third-order valence-electron chi connectivity index (χ3n) is 3.85. The van der Waals surface area contributed by atoms with Gasteiger partial charge in [0.15, 0.2) is 0 Å². The van der Waals surface area contributed by atoms with Crippen LogP contribution in [0.15, 0.2) is 22.7 Å². The van der Waals surface area contributed by atoms with Crippen LogP contribution in [0, 0.1) is 11.7 Å². The predicted molar refractivity (Wildman–Crippen MR) is 82.1 cm³/mol. The lowest BCUT2D eigenvalue weighted by molar-refractivity contribution is -0.133. The molecule has 0 aromatic heterocycles. The maximum Gasteiger partial charge on any atom is 0.239 e. The molecule has 1 aromatic rings. The summed E-state index contributed by atoms with van der Waals surface area (Å²) in [5.41, 5.74) is 6.54. The highest BCUT2D eigenvalue weighted by molar-refractivity contribution is 9.10. The van der Waals surface area contributed by atoms with E-state index in [1.54, 1.807) is 19.2 Å². The van der Waals surface area contributed by atoms with Crippen molar-refractivity contribution in [3.05, 3.63) is 34.1 Å². The Labute approximate surface area is 132 Å². The summed E-state index contributed by atoms with van der Waals surface area (Å²) < 4.78 is 19.8. The summed E-state index contributed by atoms with van der Waals surface area (Å²) in [6.07, 6.45) is 1.60. The van der Waals surface area contributed by atoms with Crippen LogP contribution < -0.4 is 5.73 Å². The average molecular weight is 359 g/mol. The molecule has 6 heteroatoms. The van der Waals surface area contributed by atoms with Crippen LogP contribution in [0.3, 0.4) is 0 Å². The molecule has 1 aromatic carbocycles. The van der Waals surface area contributed by atoms with Gasteiger partial charge < -0.3 is 15.4 Å². The molecule has 2 N–H and O–H groups in total. The summed E-state index contributed by atoms with van der Waals surface area (Å²) in [6.45, 7) is 1.51. The molecule has 21 heavy (non-hydrogen) atoms. The molecule has 0 spiro atoms. The first-order valence-electron chi connectivity index (χ1n) is 7.01. The van der Waals surface area contributed by atoms with Crippen molar-refractivity contribution >= 4 is 21.8 Å². The average Bonchev–Trinajstić information content (AvgIpc) is 2.50. The van der Waals surface area contributed by atoms with Crippen molar-refractivity contribution in [1.82, 2.24) is 4.90 Å². The van der Waals surface area contributed by atoms with Crippen LogP contribution in [0.25, 0.3) is 0 Å². The van der Waals surface area contributed by atoms with Gasteiger partial charge in [0.25, 0.3) is 0 Å². The van der Waals surface area contributed by atoms with E-state index in [1.165, 1.54) is 11.0 Å². The quantitative estimate of drug-likeness (QED) is 0.898. The number of ether oxygens (including phenoxy) is 1. The summed E-state index contributed by atoms with van der Waals surface area (Å²) in [6, 6.07) is 4.15. The van der Waals surface area contributed by atoms with Gasteiger partial charge in [-0.2, -0.15) is 0 Å². The zero-order valence-electron chi connectivity index (χ0n) is 12.0. The maximum absolute atomic E-state index is 13.7. The Hall–Kier alpha value is -0.980. The molecule has 1 heterocycles. The lowest BCUT2D eigenvalue weighted by atomic mass is 9.91. The third kappa shape index (κ3) is 4.25. The summed E-state index contributed by atoms with van der Waals surface area (Å²) in [7, 11) is 1.65. The molecule has 0 aliphatic carbocycles. The number of nitrogens with two attached hydrogens (primary N) is 1. The minimum atomic E-state index is -0.547. The predicted octanol–water partition coefficient (Wildman–Crippen LogP) is 2.30. The topological polar surface area (TPSA) is 55.6 Å². The van der Waals surface area contributed by atoms with Crippen LogP contribution in [0.4, 0.5) is 4.39 Å². The number of amides is 1. The molecule has 1 amide bonds. The second-order valence-corrected chi connectivity index (χ2v) is 6.32. The van der Waals surface area contributed by atoms with Gasteiger partial charge in [-0.3, -0.25) is 4.79 Å². The van der Waals surface area contributed by atoms with Crippen LogP contribution in [-0.2, 0) is 16.1 Å². The number of carbonyl (C=O) groups excluding carboxylic acids is 1. The van der Waals surface area contributed by atoms with Gasteiger partial charge in [0.2, 0.25) is 5.91 Å². The minimum Gasteiger partial charge on any atom is -0.381 e. The van der Waals surface area contributed by atoms with Gasteiger partial charge in [-0.1, -0.05) is 15.9 Å². The molecule has 1 atom stereocenters. The molecule has 1 aliphatic heterocycles. The Morgan fingerprint density at radius 1 is 1.52 bits per heavy atom. The van der Waals surface area contributed by atoms with E-state index in [2.05, 4.69) is 15.9 Å². The zero-order valence-corrected chi connectivity index (χ0v) is 13.6. The Bertz CT molecular complexity index is 506. The molecule has 1 saturated heterocycles. The van der Waals surface area contributed by atoms with Gasteiger partial charge in [-0.05, 0) is 37.0 Å². The Balaban J connectivity index is 1.99. The SMILES string of the molecule is CN(Cc1cc(Br)ccc1F)C(=O)C(N)C1CCOCC1. The van der Waals surface area contributed by atoms with Crippen molar-refractivity contribution in [1.29, 1.82) is 0 Å². The third-order valence-corrected chi connectivity index (χ3v) is 4.34. The molecule has 0 saturated carbocycles. The summed E-state index contributed by atoms with van der Waals surface area (Å²) >= 11 is 3.31. The first-order valence-corrected chi connectivity index (χ1v) is 7.80. The molecular formula is C15H20BrFN2O2. The molecule has 2 rings (SSSR count). The molecule has 1 unspecified atom stereocenters.